The number of rotatable bonds is 26. The van der Waals surface area contributed by atoms with Gasteiger partial charge in [0.2, 0.25) is 0 Å². The van der Waals surface area contributed by atoms with Gasteiger partial charge in [-0.2, -0.15) is 0 Å². The molecule has 0 saturated carbocycles. The van der Waals surface area contributed by atoms with Crippen LogP contribution in [0.2, 0.25) is 0 Å². The van der Waals surface area contributed by atoms with Gasteiger partial charge >= 0.3 is 23.9 Å². The standard InChI is InChI=1S/C30H56N2O8/c1-6-10-17-37-27(33)21-25(29(35)39-19-12-8-3)31-16-14-15-24(5)23-32-26(30(36)40-20-13-9-4)22-28(34)38-18-11-7-2/h24-26,31-32H,6-23H2,1-5H3/t24?,25-,26-/m0/s1. The Morgan fingerprint density at radius 1 is 0.575 bits per heavy atom. The van der Waals surface area contributed by atoms with Gasteiger partial charge < -0.3 is 29.6 Å². The summed E-state index contributed by atoms with van der Waals surface area (Å²) < 4.78 is 21.1. The van der Waals surface area contributed by atoms with Gasteiger partial charge in [0.25, 0.3) is 0 Å². The Hall–Kier alpha value is -2.20. The van der Waals surface area contributed by atoms with Crippen LogP contribution in [-0.4, -0.2) is 75.5 Å². The van der Waals surface area contributed by atoms with Crippen LogP contribution in [0.4, 0.5) is 0 Å². The fourth-order valence-electron chi connectivity index (χ4n) is 3.60. The van der Waals surface area contributed by atoms with Crippen LogP contribution in [0.1, 0.15) is 112 Å². The van der Waals surface area contributed by atoms with Crippen LogP contribution in [0.3, 0.4) is 0 Å². The molecule has 0 fully saturated rings. The highest BCUT2D eigenvalue weighted by Crippen LogP contribution is 2.08. The van der Waals surface area contributed by atoms with Gasteiger partial charge in [0.1, 0.15) is 12.1 Å². The average Bonchev–Trinajstić information content (AvgIpc) is 2.93. The van der Waals surface area contributed by atoms with E-state index in [1.165, 1.54) is 0 Å². The molecule has 0 amide bonds. The minimum Gasteiger partial charge on any atom is -0.466 e. The van der Waals surface area contributed by atoms with Gasteiger partial charge in [0.05, 0.1) is 39.3 Å². The van der Waals surface area contributed by atoms with Crippen molar-refractivity contribution in [1.29, 1.82) is 0 Å². The van der Waals surface area contributed by atoms with E-state index in [2.05, 4.69) is 10.6 Å². The molecule has 0 spiro atoms. The summed E-state index contributed by atoms with van der Waals surface area (Å²) in [5.41, 5.74) is 0. The maximum Gasteiger partial charge on any atom is 0.323 e. The van der Waals surface area contributed by atoms with Crippen LogP contribution >= 0.6 is 0 Å². The number of carbonyl (C=O) groups excluding carboxylic acids is 4. The second-order valence-corrected chi connectivity index (χ2v) is 10.3. The number of hydrogen-bond acceptors (Lipinski definition) is 10. The molecular formula is C30H56N2O8. The average molecular weight is 573 g/mol. The summed E-state index contributed by atoms with van der Waals surface area (Å²) in [4.78, 5) is 49.5. The quantitative estimate of drug-likeness (QED) is 0.0870. The summed E-state index contributed by atoms with van der Waals surface area (Å²) in [6, 6.07) is -1.51. The molecule has 0 aliphatic heterocycles. The van der Waals surface area contributed by atoms with Crippen molar-refractivity contribution in [1.82, 2.24) is 10.6 Å². The summed E-state index contributed by atoms with van der Waals surface area (Å²) in [5, 5.41) is 6.34. The first-order chi connectivity index (χ1) is 19.3. The van der Waals surface area contributed by atoms with Crippen LogP contribution in [0.15, 0.2) is 0 Å². The van der Waals surface area contributed by atoms with Crippen LogP contribution in [0.25, 0.3) is 0 Å². The van der Waals surface area contributed by atoms with Crippen LogP contribution in [-0.2, 0) is 38.1 Å². The van der Waals surface area contributed by atoms with E-state index >= 15 is 0 Å². The van der Waals surface area contributed by atoms with Crippen LogP contribution in [0, 0.1) is 5.92 Å². The van der Waals surface area contributed by atoms with Crippen molar-refractivity contribution in [3.8, 4) is 0 Å². The van der Waals surface area contributed by atoms with Gasteiger partial charge in [0, 0.05) is 0 Å². The molecular weight excluding hydrogens is 516 g/mol. The zero-order valence-corrected chi connectivity index (χ0v) is 25.7. The molecule has 10 nitrogen and oxygen atoms in total. The summed E-state index contributed by atoms with van der Waals surface area (Å²) in [6.07, 6.45) is 8.19. The van der Waals surface area contributed by atoms with Gasteiger partial charge in [-0.1, -0.05) is 60.3 Å². The lowest BCUT2D eigenvalue weighted by atomic mass is 10.0. The molecule has 40 heavy (non-hydrogen) atoms. The second-order valence-electron chi connectivity index (χ2n) is 10.3. The molecule has 3 atom stereocenters. The van der Waals surface area contributed by atoms with Crippen molar-refractivity contribution in [2.45, 2.75) is 124 Å². The summed E-state index contributed by atoms with van der Waals surface area (Å²) in [6.45, 7) is 12.5. The summed E-state index contributed by atoms with van der Waals surface area (Å²) >= 11 is 0. The fraction of sp³-hybridized carbons (Fsp3) is 0.867. The Labute approximate surface area is 242 Å². The monoisotopic (exact) mass is 572 g/mol. The third-order valence-electron chi connectivity index (χ3n) is 6.29. The zero-order chi connectivity index (χ0) is 30.0. The molecule has 0 heterocycles. The molecule has 1 unspecified atom stereocenters. The Morgan fingerprint density at radius 2 is 0.975 bits per heavy atom. The molecule has 10 heteroatoms. The predicted molar refractivity (Wildman–Crippen MR) is 155 cm³/mol. The van der Waals surface area contributed by atoms with E-state index in [-0.39, 0.29) is 18.8 Å². The smallest absolute Gasteiger partial charge is 0.323 e. The third-order valence-corrected chi connectivity index (χ3v) is 6.29. The normalized spacial score (nSPS) is 13.2. The van der Waals surface area contributed by atoms with E-state index in [9.17, 15) is 19.2 Å². The third kappa shape index (κ3) is 20.7. The van der Waals surface area contributed by atoms with E-state index in [1.807, 2.05) is 34.6 Å². The maximum absolute atomic E-state index is 12.6. The van der Waals surface area contributed by atoms with E-state index in [0.29, 0.717) is 39.5 Å². The first kappa shape index (κ1) is 37.8. The van der Waals surface area contributed by atoms with Crippen LogP contribution in [0.5, 0.6) is 0 Å². The minimum atomic E-state index is -0.757. The topological polar surface area (TPSA) is 129 Å². The second kappa shape index (κ2) is 25.7. The van der Waals surface area contributed by atoms with Gasteiger partial charge in [0.15, 0.2) is 0 Å². The van der Waals surface area contributed by atoms with E-state index in [0.717, 1.165) is 64.2 Å². The van der Waals surface area contributed by atoms with E-state index < -0.39 is 36.0 Å². The van der Waals surface area contributed by atoms with Crippen LogP contribution < -0.4 is 10.6 Å². The molecule has 0 aliphatic carbocycles. The highest BCUT2D eigenvalue weighted by atomic mass is 16.5. The van der Waals surface area contributed by atoms with Gasteiger partial charge in [-0.3, -0.25) is 19.2 Å². The lowest BCUT2D eigenvalue weighted by Crippen LogP contribution is -2.42. The Balaban J connectivity index is 4.74. The molecule has 0 radical (unpaired) electrons. The largest absolute Gasteiger partial charge is 0.466 e. The first-order valence-electron chi connectivity index (χ1n) is 15.4. The molecule has 0 aromatic rings. The maximum atomic E-state index is 12.6. The number of carbonyl (C=O) groups is 4. The first-order valence-corrected chi connectivity index (χ1v) is 15.4. The molecule has 0 bridgehead atoms. The number of esters is 4. The van der Waals surface area contributed by atoms with Crippen molar-refractivity contribution in [2.24, 2.45) is 5.92 Å². The zero-order valence-electron chi connectivity index (χ0n) is 25.7. The van der Waals surface area contributed by atoms with Crippen molar-refractivity contribution in [3.05, 3.63) is 0 Å². The number of nitrogens with one attached hydrogen (secondary N) is 2. The van der Waals surface area contributed by atoms with Crippen molar-refractivity contribution < 1.29 is 38.1 Å². The lowest BCUT2D eigenvalue weighted by molar-refractivity contribution is -0.153. The van der Waals surface area contributed by atoms with Gasteiger partial charge in [-0.05, 0) is 57.5 Å². The molecule has 0 aromatic carbocycles. The molecule has 0 rings (SSSR count). The van der Waals surface area contributed by atoms with Crippen molar-refractivity contribution in [3.63, 3.8) is 0 Å². The SMILES string of the molecule is CCCCOC(=O)C[C@H](NCCCC(C)CN[C@@H](CC(=O)OCCCC)C(=O)OCCCC)C(=O)OCCCC. The Kier molecular flexibility index (Phi) is 24.3. The van der Waals surface area contributed by atoms with E-state index in [4.69, 9.17) is 18.9 Å². The molecule has 2 N–H and O–H groups in total. The van der Waals surface area contributed by atoms with Gasteiger partial charge in [-0.15, -0.1) is 0 Å². The molecule has 0 aliphatic rings. The molecule has 0 aromatic heterocycles. The van der Waals surface area contributed by atoms with Gasteiger partial charge in [-0.25, -0.2) is 0 Å². The Morgan fingerprint density at radius 3 is 1.40 bits per heavy atom. The Bertz CT molecular complexity index is 689. The molecule has 234 valence electrons. The number of ether oxygens (including phenoxy) is 4. The summed E-state index contributed by atoms with van der Waals surface area (Å²) in [5.74, 6) is -1.52. The minimum absolute atomic E-state index is 0.0675. The number of hydrogen-bond donors (Lipinski definition) is 2. The lowest BCUT2D eigenvalue weighted by Gasteiger charge is -2.20. The van der Waals surface area contributed by atoms with Crippen molar-refractivity contribution in [2.75, 3.05) is 39.5 Å². The van der Waals surface area contributed by atoms with E-state index in [1.54, 1.807) is 0 Å². The number of unbranched alkanes of at least 4 members (excludes halogenated alkanes) is 4. The molecule has 0 saturated heterocycles. The fourth-order valence-corrected chi connectivity index (χ4v) is 3.60. The summed E-state index contributed by atoms with van der Waals surface area (Å²) in [7, 11) is 0. The highest BCUT2D eigenvalue weighted by Gasteiger charge is 2.25. The predicted octanol–water partition coefficient (Wildman–Crippen LogP) is 4.47. The van der Waals surface area contributed by atoms with Crippen molar-refractivity contribution >= 4 is 23.9 Å². The highest BCUT2D eigenvalue weighted by molar-refractivity contribution is 5.83.